The number of amides is 2. The standard InChI is InChI=1S/C16H25N3O2S/c1-2-3-6-15(20)17-7-8-18-9-11-19(12-10-18)16(21)14-5-4-13-22-14/h4-5,13H,2-3,6-12H2,1H3,(H,17,20). The second kappa shape index (κ2) is 8.90. The Labute approximate surface area is 136 Å². The minimum atomic E-state index is 0.141. The highest BCUT2D eigenvalue weighted by Crippen LogP contribution is 2.13. The fraction of sp³-hybridized carbons (Fsp3) is 0.625. The summed E-state index contributed by atoms with van der Waals surface area (Å²) in [6.45, 7) is 6.93. The Balaban J connectivity index is 1.63. The Bertz CT molecular complexity index is 468. The lowest BCUT2D eigenvalue weighted by Crippen LogP contribution is -2.50. The van der Waals surface area contributed by atoms with Gasteiger partial charge in [-0.3, -0.25) is 14.5 Å². The average Bonchev–Trinajstić information content (AvgIpc) is 3.07. The summed E-state index contributed by atoms with van der Waals surface area (Å²) in [5.41, 5.74) is 0. The van der Waals surface area contributed by atoms with Crippen LogP contribution in [0, 0.1) is 0 Å². The van der Waals surface area contributed by atoms with Gasteiger partial charge in [0.1, 0.15) is 0 Å². The number of hydrogen-bond acceptors (Lipinski definition) is 4. The molecule has 22 heavy (non-hydrogen) atoms. The molecule has 2 amide bonds. The van der Waals surface area contributed by atoms with E-state index in [0.717, 1.165) is 50.4 Å². The summed E-state index contributed by atoms with van der Waals surface area (Å²) in [5, 5.41) is 4.90. The molecule has 1 saturated heterocycles. The van der Waals surface area contributed by atoms with Crippen LogP contribution in [0.4, 0.5) is 0 Å². The van der Waals surface area contributed by atoms with E-state index in [2.05, 4.69) is 17.1 Å². The molecule has 122 valence electrons. The highest BCUT2D eigenvalue weighted by atomic mass is 32.1. The molecule has 6 heteroatoms. The Morgan fingerprint density at radius 1 is 1.27 bits per heavy atom. The molecular formula is C16H25N3O2S. The van der Waals surface area contributed by atoms with Gasteiger partial charge in [0.05, 0.1) is 4.88 Å². The highest BCUT2D eigenvalue weighted by molar-refractivity contribution is 7.12. The van der Waals surface area contributed by atoms with Gasteiger partial charge >= 0.3 is 0 Å². The molecule has 2 heterocycles. The van der Waals surface area contributed by atoms with E-state index < -0.39 is 0 Å². The average molecular weight is 323 g/mol. The summed E-state index contributed by atoms with van der Waals surface area (Å²) in [4.78, 5) is 28.8. The molecule has 0 bridgehead atoms. The first-order valence-corrected chi connectivity index (χ1v) is 8.90. The molecule has 0 aromatic carbocycles. The van der Waals surface area contributed by atoms with E-state index in [4.69, 9.17) is 0 Å². The van der Waals surface area contributed by atoms with Crippen molar-refractivity contribution in [2.45, 2.75) is 26.2 Å². The number of unbranched alkanes of at least 4 members (excludes halogenated alkanes) is 1. The van der Waals surface area contributed by atoms with Gasteiger partial charge in [0.2, 0.25) is 5.91 Å². The monoisotopic (exact) mass is 323 g/mol. The zero-order valence-corrected chi connectivity index (χ0v) is 14.0. The second-order valence-corrected chi connectivity index (χ2v) is 6.51. The maximum Gasteiger partial charge on any atom is 0.264 e. The van der Waals surface area contributed by atoms with Crippen molar-refractivity contribution < 1.29 is 9.59 Å². The predicted molar refractivity (Wildman–Crippen MR) is 89.2 cm³/mol. The largest absolute Gasteiger partial charge is 0.355 e. The Morgan fingerprint density at radius 2 is 2.05 bits per heavy atom. The van der Waals surface area contributed by atoms with Crippen LogP contribution in [-0.4, -0.2) is 60.9 Å². The molecule has 0 atom stereocenters. The summed E-state index contributed by atoms with van der Waals surface area (Å²) in [6.07, 6.45) is 2.63. The summed E-state index contributed by atoms with van der Waals surface area (Å²) in [5.74, 6) is 0.288. The van der Waals surface area contributed by atoms with Crippen LogP contribution in [0.1, 0.15) is 35.9 Å². The van der Waals surface area contributed by atoms with Crippen molar-refractivity contribution in [3.05, 3.63) is 22.4 Å². The minimum Gasteiger partial charge on any atom is -0.355 e. The molecule has 2 rings (SSSR count). The lowest BCUT2D eigenvalue weighted by Gasteiger charge is -2.34. The molecule has 1 aromatic heterocycles. The number of carbonyl (C=O) groups excluding carboxylic acids is 2. The lowest BCUT2D eigenvalue weighted by molar-refractivity contribution is -0.121. The van der Waals surface area contributed by atoms with Crippen LogP contribution in [0.2, 0.25) is 0 Å². The molecule has 1 aromatic rings. The maximum atomic E-state index is 12.2. The van der Waals surface area contributed by atoms with Gasteiger partial charge in [0.15, 0.2) is 0 Å². The van der Waals surface area contributed by atoms with Crippen molar-refractivity contribution in [3.63, 3.8) is 0 Å². The quantitative estimate of drug-likeness (QED) is 0.833. The minimum absolute atomic E-state index is 0.141. The van der Waals surface area contributed by atoms with Crippen LogP contribution in [0.5, 0.6) is 0 Å². The van der Waals surface area contributed by atoms with Gasteiger partial charge in [-0.15, -0.1) is 11.3 Å². The zero-order valence-electron chi connectivity index (χ0n) is 13.2. The normalized spacial score (nSPS) is 15.8. The number of piperazine rings is 1. The van der Waals surface area contributed by atoms with Crippen LogP contribution < -0.4 is 5.32 Å². The van der Waals surface area contributed by atoms with E-state index in [1.54, 1.807) is 0 Å². The molecular weight excluding hydrogens is 298 g/mol. The Morgan fingerprint density at radius 3 is 2.68 bits per heavy atom. The molecule has 0 aliphatic carbocycles. The molecule has 1 aliphatic heterocycles. The van der Waals surface area contributed by atoms with Crippen molar-refractivity contribution in [2.24, 2.45) is 0 Å². The summed E-state index contributed by atoms with van der Waals surface area (Å²) < 4.78 is 0. The first-order valence-electron chi connectivity index (χ1n) is 8.02. The van der Waals surface area contributed by atoms with Crippen LogP contribution in [-0.2, 0) is 4.79 Å². The number of nitrogens with one attached hydrogen (secondary N) is 1. The summed E-state index contributed by atoms with van der Waals surface area (Å²) in [6, 6.07) is 3.79. The molecule has 1 N–H and O–H groups in total. The molecule has 0 saturated carbocycles. The number of nitrogens with zero attached hydrogens (tertiary/aromatic N) is 2. The molecule has 1 fully saturated rings. The summed E-state index contributed by atoms with van der Waals surface area (Å²) in [7, 11) is 0. The van der Waals surface area contributed by atoms with Crippen molar-refractivity contribution in [1.82, 2.24) is 15.1 Å². The van der Waals surface area contributed by atoms with Crippen LogP contribution >= 0.6 is 11.3 Å². The van der Waals surface area contributed by atoms with Gasteiger partial charge in [-0.25, -0.2) is 0 Å². The van der Waals surface area contributed by atoms with Gasteiger partial charge in [-0.1, -0.05) is 19.4 Å². The van der Waals surface area contributed by atoms with E-state index in [9.17, 15) is 9.59 Å². The highest BCUT2D eigenvalue weighted by Gasteiger charge is 2.22. The second-order valence-electron chi connectivity index (χ2n) is 5.56. The third-order valence-electron chi connectivity index (χ3n) is 3.90. The van der Waals surface area contributed by atoms with Crippen LogP contribution in [0.25, 0.3) is 0 Å². The number of rotatable bonds is 7. The van der Waals surface area contributed by atoms with Gasteiger partial charge in [-0.05, 0) is 17.9 Å². The molecule has 5 nitrogen and oxygen atoms in total. The van der Waals surface area contributed by atoms with Gasteiger partial charge in [0.25, 0.3) is 5.91 Å². The van der Waals surface area contributed by atoms with Crippen molar-refractivity contribution >= 4 is 23.2 Å². The predicted octanol–water partition coefficient (Wildman–Crippen LogP) is 1.81. The Hall–Kier alpha value is -1.40. The third kappa shape index (κ3) is 5.10. The third-order valence-corrected chi connectivity index (χ3v) is 4.76. The van der Waals surface area contributed by atoms with Crippen LogP contribution in [0.15, 0.2) is 17.5 Å². The summed E-state index contributed by atoms with van der Waals surface area (Å²) >= 11 is 1.50. The zero-order chi connectivity index (χ0) is 15.8. The van der Waals surface area contributed by atoms with Crippen molar-refractivity contribution in [1.29, 1.82) is 0 Å². The SMILES string of the molecule is CCCCC(=O)NCCN1CCN(C(=O)c2cccs2)CC1. The molecule has 0 spiro atoms. The van der Waals surface area contributed by atoms with E-state index in [-0.39, 0.29) is 11.8 Å². The van der Waals surface area contributed by atoms with Crippen LogP contribution in [0.3, 0.4) is 0 Å². The van der Waals surface area contributed by atoms with E-state index in [1.165, 1.54) is 11.3 Å². The number of thiophene rings is 1. The first-order chi connectivity index (χ1) is 10.7. The van der Waals surface area contributed by atoms with Gasteiger partial charge in [0, 0.05) is 45.7 Å². The van der Waals surface area contributed by atoms with Crippen molar-refractivity contribution in [2.75, 3.05) is 39.3 Å². The molecule has 0 unspecified atom stereocenters. The van der Waals surface area contributed by atoms with Gasteiger partial charge < -0.3 is 10.2 Å². The lowest BCUT2D eigenvalue weighted by atomic mass is 10.2. The molecule has 0 radical (unpaired) electrons. The fourth-order valence-corrected chi connectivity index (χ4v) is 3.20. The first kappa shape index (κ1) is 17.0. The van der Waals surface area contributed by atoms with E-state index >= 15 is 0 Å². The van der Waals surface area contributed by atoms with E-state index in [1.807, 2.05) is 22.4 Å². The topological polar surface area (TPSA) is 52.7 Å². The smallest absolute Gasteiger partial charge is 0.264 e. The Kier molecular flexibility index (Phi) is 6.86. The van der Waals surface area contributed by atoms with E-state index in [0.29, 0.717) is 13.0 Å². The number of hydrogen-bond donors (Lipinski definition) is 1. The van der Waals surface area contributed by atoms with Crippen molar-refractivity contribution in [3.8, 4) is 0 Å². The molecule has 1 aliphatic rings. The number of carbonyl (C=O) groups is 2. The fourth-order valence-electron chi connectivity index (χ4n) is 2.51. The van der Waals surface area contributed by atoms with Gasteiger partial charge in [-0.2, -0.15) is 0 Å². The maximum absolute atomic E-state index is 12.2.